The van der Waals surface area contributed by atoms with Crippen molar-refractivity contribution in [1.29, 1.82) is 0 Å². The molecule has 0 aliphatic rings. The molecule has 78 valence electrons. The number of nitrogens with one attached hydrogen (secondary N) is 1. The lowest BCUT2D eigenvalue weighted by atomic mass is 10.3. The lowest BCUT2D eigenvalue weighted by Crippen LogP contribution is -2.12. The van der Waals surface area contributed by atoms with E-state index in [1.165, 1.54) is 23.9 Å². The number of aromatic amines is 1. The minimum atomic E-state index is -0.478. The van der Waals surface area contributed by atoms with Crippen molar-refractivity contribution >= 4 is 17.1 Å². The third-order valence-electron chi connectivity index (χ3n) is 2.15. The smallest absolute Gasteiger partial charge is 0.339 e. The highest BCUT2D eigenvalue weighted by molar-refractivity contribution is 5.92. The standard InChI is InChI=1S/C9H9N3O3/c1-12-7-6(11-9(12)14)3-5(4-10-7)8(13)15-2/h3-4H,1-2H3,(H,11,14). The van der Waals surface area contributed by atoms with Crippen molar-refractivity contribution in [3.8, 4) is 0 Å². The van der Waals surface area contributed by atoms with Gasteiger partial charge in [0.15, 0.2) is 5.65 Å². The lowest BCUT2D eigenvalue weighted by Gasteiger charge is -1.98. The normalized spacial score (nSPS) is 10.5. The summed E-state index contributed by atoms with van der Waals surface area (Å²) in [5.41, 5.74) is 1.07. The number of hydrogen-bond acceptors (Lipinski definition) is 4. The molecule has 0 spiro atoms. The van der Waals surface area contributed by atoms with Crippen LogP contribution in [-0.4, -0.2) is 27.6 Å². The van der Waals surface area contributed by atoms with Gasteiger partial charge in [-0.25, -0.2) is 14.6 Å². The van der Waals surface area contributed by atoms with Gasteiger partial charge in [0.1, 0.15) is 0 Å². The fourth-order valence-corrected chi connectivity index (χ4v) is 1.34. The number of H-pyrrole nitrogens is 1. The summed E-state index contributed by atoms with van der Waals surface area (Å²) >= 11 is 0. The summed E-state index contributed by atoms with van der Waals surface area (Å²) in [6.45, 7) is 0. The molecule has 2 aromatic rings. The Morgan fingerprint density at radius 1 is 1.60 bits per heavy atom. The predicted molar refractivity (Wildman–Crippen MR) is 52.7 cm³/mol. The van der Waals surface area contributed by atoms with E-state index in [9.17, 15) is 9.59 Å². The van der Waals surface area contributed by atoms with Gasteiger partial charge in [0, 0.05) is 13.2 Å². The summed E-state index contributed by atoms with van der Waals surface area (Å²) in [5, 5.41) is 0. The SMILES string of the molecule is COC(=O)c1cnc2c(c1)[nH]c(=O)n2C. The molecule has 0 aliphatic heterocycles. The number of carbonyl (C=O) groups is 1. The van der Waals surface area contributed by atoms with E-state index in [0.717, 1.165) is 0 Å². The molecular weight excluding hydrogens is 198 g/mol. The van der Waals surface area contributed by atoms with Gasteiger partial charge in [0.05, 0.1) is 18.2 Å². The Bertz CT molecular complexity index is 582. The monoisotopic (exact) mass is 207 g/mol. The van der Waals surface area contributed by atoms with E-state index in [-0.39, 0.29) is 5.69 Å². The van der Waals surface area contributed by atoms with Crippen LogP contribution >= 0.6 is 0 Å². The maximum absolute atomic E-state index is 11.2. The molecule has 0 fully saturated rings. The molecule has 0 aromatic carbocycles. The molecule has 6 heteroatoms. The van der Waals surface area contributed by atoms with E-state index in [1.807, 2.05) is 0 Å². The van der Waals surface area contributed by atoms with Gasteiger partial charge in [-0.05, 0) is 6.07 Å². The summed E-state index contributed by atoms with van der Waals surface area (Å²) in [6.07, 6.45) is 1.38. The molecule has 0 saturated carbocycles. The van der Waals surface area contributed by atoms with Crippen LogP contribution in [-0.2, 0) is 11.8 Å². The van der Waals surface area contributed by atoms with Gasteiger partial charge in [-0.15, -0.1) is 0 Å². The Morgan fingerprint density at radius 3 is 3.00 bits per heavy atom. The fourth-order valence-electron chi connectivity index (χ4n) is 1.34. The van der Waals surface area contributed by atoms with E-state index in [0.29, 0.717) is 16.7 Å². The van der Waals surface area contributed by atoms with E-state index >= 15 is 0 Å². The van der Waals surface area contributed by atoms with Gasteiger partial charge in [-0.3, -0.25) is 4.57 Å². The topological polar surface area (TPSA) is 77.0 Å². The summed E-state index contributed by atoms with van der Waals surface area (Å²) in [7, 11) is 2.90. The largest absolute Gasteiger partial charge is 0.465 e. The van der Waals surface area contributed by atoms with Gasteiger partial charge >= 0.3 is 11.7 Å². The molecule has 0 radical (unpaired) electrons. The van der Waals surface area contributed by atoms with Crippen molar-refractivity contribution in [1.82, 2.24) is 14.5 Å². The molecule has 6 nitrogen and oxygen atoms in total. The Kier molecular flexibility index (Phi) is 2.03. The summed E-state index contributed by atoms with van der Waals surface area (Å²) in [4.78, 5) is 29.0. The van der Waals surface area contributed by atoms with Crippen LogP contribution in [0.2, 0.25) is 0 Å². The van der Waals surface area contributed by atoms with Gasteiger partial charge in [0.2, 0.25) is 0 Å². The van der Waals surface area contributed by atoms with Crippen molar-refractivity contribution in [3.63, 3.8) is 0 Å². The van der Waals surface area contributed by atoms with Crippen molar-refractivity contribution in [2.75, 3.05) is 7.11 Å². The molecule has 0 saturated heterocycles. The molecule has 0 bridgehead atoms. The molecule has 2 heterocycles. The zero-order valence-corrected chi connectivity index (χ0v) is 8.27. The van der Waals surface area contributed by atoms with Crippen LogP contribution in [0, 0.1) is 0 Å². The first kappa shape index (κ1) is 9.45. The van der Waals surface area contributed by atoms with Crippen LogP contribution in [0.25, 0.3) is 11.2 Å². The number of methoxy groups -OCH3 is 1. The molecule has 0 unspecified atom stereocenters. The van der Waals surface area contributed by atoms with Gasteiger partial charge in [-0.1, -0.05) is 0 Å². The fraction of sp³-hybridized carbons (Fsp3) is 0.222. The number of esters is 1. The average molecular weight is 207 g/mol. The quantitative estimate of drug-likeness (QED) is 0.670. The number of aryl methyl sites for hydroxylation is 1. The molecule has 15 heavy (non-hydrogen) atoms. The number of carbonyl (C=O) groups excluding carboxylic acids is 1. The second-order valence-corrected chi connectivity index (χ2v) is 3.08. The van der Waals surface area contributed by atoms with Crippen LogP contribution in [0.5, 0.6) is 0 Å². The molecule has 0 atom stereocenters. The molecule has 2 rings (SSSR count). The first-order valence-corrected chi connectivity index (χ1v) is 4.26. The number of ether oxygens (including phenoxy) is 1. The van der Waals surface area contributed by atoms with Crippen LogP contribution in [0.15, 0.2) is 17.1 Å². The molecule has 2 aromatic heterocycles. The maximum Gasteiger partial charge on any atom is 0.339 e. The van der Waals surface area contributed by atoms with Gasteiger partial charge < -0.3 is 9.72 Å². The Morgan fingerprint density at radius 2 is 2.33 bits per heavy atom. The van der Waals surface area contributed by atoms with E-state index in [2.05, 4.69) is 14.7 Å². The van der Waals surface area contributed by atoms with Crippen LogP contribution < -0.4 is 5.69 Å². The number of hydrogen-bond donors (Lipinski definition) is 1. The second kappa shape index (κ2) is 3.23. The number of nitrogens with zero attached hydrogens (tertiary/aromatic N) is 2. The first-order chi connectivity index (χ1) is 7.13. The minimum absolute atomic E-state index is 0.264. The van der Waals surface area contributed by atoms with Crippen molar-refractivity contribution in [3.05, 3.63) is 28.3 Å². The third kappa shape index (κ3) is 1.39. The maximum atomic E-state index is 11.2. The van der Waals surface area contributed by atoms with Crippen LogP contribution in [0.1, 0.15) is 10.4 Å². The highest BCUT2D eigenvalue weighted by Gasteiger charge is 2.10. The van der Waals surface area contributed by atoms with E-state index in [4.69, 9.17) is 0 Å². The van der Waals surface area contributed by atoms with Crippen molar-refractivity contribution < 1.29 is 9.53 Å². The summed E-state index contributed by atoms with van der Waals surface area (Å²) < 4.78 is 5.92. The number of aromatic nitrogens is 3. The van der Waals surface area contributed by atoms with Crippen molar-refractivity contribution in [2.24, 2.45) is 7.05 Å². The predicted octanol–water partition coefficient (Wildman–Crippen LogP) is 0.0482. The Balaban J connectivity index is 2.67. The van der Waals surface area contributed by atoms with Crippen LogP contribution in [0.3, 0.4) is 0 Å². The molecule has 0 aliphatic carbocycles. The Labute approximate surface area is 84.5 Å². The highest BCUT2D eigenvalue weighted by Crippen LogP contribution is 2.09. The number of pyridine rings is 1. The summed E-state index contributed by atoms with van der Waals surface area (Å²) in [5.74, 6) is -0.478. The van der Waals surface area contributed by atoms with E-state index in [1.54, 1.807) is 7.05 Å². The summed E-state index contributed by atoms with van der Waals surface area (Å²) in [6, 6.07) is 1.54. The third-order valence-corrected chi connectivity index (χ3v) is 2.15. The van der Waals surface area contributed by atoms with E-state index < -0.39 is 5.97 Å². The Hall–Kier alpha value is -2.11. The number of rotatable bonds is 1. The lowest BCUT2D eigenvalue weighted by molar-refractivity contribution is 0.0600. The number of imidazole rings is 1. The van der Waals surface area contributed by atoms with Crippen molar-refractivity contribution in [2.45, 2.75) is 0 Å². The number of fused-ring (bicyclic) bond motifs is 1. The van der Waals surface area contributed by atoms with Crippen LogP contribution in [0.4, 0.5) is 0 Å². The molecule has 1 N–H and O–H groups in total. The molecular formula is C9H9N3O3. The first-order valence-electron chi connectivity index (χ1n) is 4.26. The average Bonchev–Trinajstić information content (AvgIpc) is 2.53. The van der Waals surface area contributed by atoms with Gasteiger partial charge in [-0.2, -0.15) is 0 Å². The zero-order chi connectivity index (χ0) is 11.0. The highest BCUT2D eigenvalue weighted by atomic mass is 16.5. The second-order valence-electron chi connectivity index (χ2n) is 3.08. The zero-order valence-electron chi connectivity index (χ0n) is 8.27. The van der Waals surface area contributed by atoms with Gasteiger partial charge in [0.25, 0.3) is 0 Å². The molecule has 0 amide bonds. The minimum Gasteiger partial charge on any atom is -0.465 e.